The lowest BCUT2D eigenvalue weighted by atomic mass is 9.93. The molecule has 0 atom stereocenters. The van der Waals surface area contributed by atoms with E-state index < -0.39 is 35.1 Å². The molecule has 2 aromatic carbocycles. The number of halogens is 3. The summed E-state index contributed by atoms with van der Waals surface area (Å²) >= 11 is 0. The number of benzene rings is 2. The molecule has 0 bridgehead atoms. The fourth-order valence-electron chi connectivity index (χ4n) is 5.27. The zero-order valence-electron chi connectivity index (χ0n) is 23.9. The summed E-state index contributed by atoms with van der Waals surface area (Å²) in [5.41, 5.74) is 3.15. The molecular formula is C30H35F3N4O4S. The summed E-state index contributed by atoms with van der Waals surface area (Å²) in [6.07, 6.45) is -1.72. The average Bonchev–Trinajstić information content (AvgIpc) is 2.93. The van der Waals surface area contributed by atoms with Crippen molar-refractivity contribution in [2.75, 3.05) is 17.9 Å². The number of carbonyl (C=O) groups excluding carboxylic acids is 1. The molecular weight excluding hydrogens is 569 g/mol. The van der Waals surface area contributed by atoms with Gasteiger partial charge in [0.15, 0.2) is 0 Å². The van der Waals surface area contributed by atoms with Crippen molar-refractivity contribution < 1.29 is 31.1 Å². The summed E-state index contributed by atoms with van der Waals surface area (Å²) in [5.74, 6) is -0.668. The Morgan fingerprint density at radius 3 is 2.33 bits per heavy atom. The molecule has 1 aliphatic carbocycles. The highest BCUT2D eigenvalue weighted by Crippen LogP contribution is 2.30. The Hall–Kier alpha value is -3.67. The maximum atomic E-state index is 13.5. The molecule has 1 fully saturated rings. The van der Waals surface area contributed by atoms with E-state index in [4.69, 9.17) is 4.74 Å². The molecule has 0 radical (unpaired) electrons. The quantitative estimate of drug-likeness (QED) is 0.277. The average molecular weight is 605 g/mol. The van der Waals surface area contributed by atoms with Gasteiger partial charge in [-0.15, -0.1) is 0 Å². The van der Waals surface area contributed by atoms with Gasteiger partial charge in [-0.3, -0.25) is 4.79 Å². The standard InChI is InChI=1S/C30H35F3N4O4S/c1-4-41-26-19-25(27-20(2)10-8-11-21(27)3)34-29(35-26)36-42(39,40)24-15-9-12-22(18-24)28(38)37(17-16-30(31,32)33)23-13-6-5-7-14-23/h8-12,15,18-19,23H,4-7,13-14,16-17H2,1-3H3,(H,34,35,36). The Kier molecular flexibility index (Phi) is 9.75. The molecule has 4 rings (SSSR count). The van der Waals surface area contributed by atoms with Gasteiger partial charge in [-0.2, -0.15) is 18.2 Å². The SMILES string of the molecule is CCOc1cc(-c2c(C)cccc2C)nc(NS(=O)(=O)c2cccc(C(=O)N(CCC(F)(F)F)C3CCCCC3)c2)n1. The van der Waals surface area contributed by atoms with Crippen LogP contribution in [0.4, 0.5) is 19.1 Å². The number of hydrogen-bond acceptors (Lipinski definition) is 6. The van der Waals surface area contributed by atoms with Crippen molar-refractivity contribution in [2.45, 2.75) is 76.4 Å². The maximum absolute atomic E-state index is 13.5. The van der Waals surface area contributed by atoms with Gasteiger partial charge in [0.25, 0.3) is 15.9 Å². The molecule has 0 aliphatic heterocycles. The molecule has 1 saturated carbocycles. The lowest BCUT2D eigenvalue weighted by Crippen LogP contribution is -2.43. The number of nitrogens with zero attached hydrogens (tertiary/aromatic N) is 3. The monoisotopic (exact) mass is 604 g/mol. The predicted molar refractivity (Wildman–Crippen MR) is 154 cm³/mol. The number of hydrogen-bond donors (Lipinski definition) is 1. The van der Waals surface area contributed by atoms with Gasteiger partial charge < -0.3 is 9.64 Å². The summed E-state index contributed by atoms with van der Waals surface area (Å²) in [6, 6.07) is 12.3. The second-order valence-electron chi connectivity index (χ2n) is 10.4. The van der Waals surface area contributed by atoms with E-state index in [9.17, 15) is 26.4 Å². The van der Waals surface area contributed by atoms with Gasteiger partial charge in [0.1, 0.15) is 0 Å². The van der Waals surface area contributed by atoms with Gasteiger partial charge >= 0.3 is 6.18 Å². The molecule has 1 heterocycles. The number of aromatic nitrogens is 2. The van der Waals surface area contributed by atoms with Crippen LogP contribution < -0.4 is 9.46 Å². The van der Waals surface area contributed by atoms with Gasteiger partial charge in [0, 0.05) is 29.8 Å². The first kappa shape index (κ1) is 31.3. The van der Waals surface area contributed by atoms with E-state index in [0.29, 0.717) is 25.1 Å². The molecule has 226 valence electrons. The van der Waals surface area contributed by atoms with Crippen molar-refractivity contribution in [3.63, 3.8) is 0 Å². The van der Waals surface area contributed by atoms with Crippen molar-refractivity contribution in [3.8, 4) is 17.1 Å². The maximum Gasteiger partial charge on any atom is 0.390 e. The highest BCUT2D eigenvalue weighted by atomic mass is 32.2. The van der Waals surface area contributed by atoms with Crippen LogP contribution in [0.1, 0.15) is 66.9 Å². The van der Waals surface area contributed by atoms with Crippen molar-refractivity contribution in [3.05, 3.63) is 65.2 Å². The molecule has 0 spiro atoms. The van der Waals surface area contributed by atoms with E-state index in [1.807, 2.05) is 32.0 Å². The molecule has 42 heavy (non-hydrogen) atoms. The molecule has 12 heteroatoms. The summed E-state index contributed by atoms with van der Waals surface area (Å²) in [6.45, 7) is 5.43. The summed E-state index contributed by atoms with van der Waals surface area (Å²) in [4.78, 5) is 23.1. The highest BCUT2D eigenvalue weighted by molar-refractivity contribution is 7.92. The summed E-state index contributed by atoms with van der Waals surface area (Å²) in [7, 11) is -4.29. The van der Waals surface area contributed by atoms with Crippen LogP contribution in [0.25, 0.3) is 11.3 Å². The van der Waals surface area contributed by atoms with Crippen LogP contribution >= 0.6 is 0 Å². The summed E-state index contributed by atoms with van der Waals surface area (Å²) in [5, 5.41) is 0. The van der Waals surface area contributed by atoms with E-state index in [0.717, 1.165) is 36.0 Å². The van der Waals surface area contributed by atoms with E-state index in [1.165, 1.54) is 29.2 Å². The molecule has 3 aromatic rings. The third-order valence-electron chi connectivity index (χ3n) is 7.26. The first-order chi connectivity index (χ1) is 19.9. The van der Waals surface area contributed by atoms with Gasteiger partial charge in [-0.1, -0.05) is 43.5 Å². The number of sulfonamides is 1. The Morgan fingerprint density at radius 2 is 1.69 bits per heavy atom. The number of amides is 1. The van der Waals surface area contributed by atoms with Crippen molar-refractivity contribution in [1.29, 1.82) is 0 Å². The summed E-state index contributed by atoms with van der Waals surface area (Å²) < 4.78 is 74.1. The Morgan fingerprint density at radius 1 is 1.02 bits per heavy atom. The van der Waals surface area contributed by atoms with Crippen LogP contribution in [-0.2, 0) is 10.0 Å². The number of aryl methyl sites for hydroxylation is 2. The normalized spacial score (nSPS) is 14.4. The zero-order valence-corrected chi connectivity index (χ0v) is 24.7. The topological polar surface area (TPSA) is 101 Å². The number of alkyl halides is 3. The van der Waals surface area contributed by atoms with E-state index in [2.05, 4.69) is 14.7 Å². The van der Waals surface area contributed by atoms with E-state index in [-0.39, 0.29) is 28.3 Å². The van der Waals surface area contributed by atoms with Crippen LogP contribution in [-0.4, -0.2) is 54.6 Å². The molecule has 1 N–H and O–H groups in total. The van der Waals surface area contributed by atoms with E-state index in [1.54, 1.807) is 13.0 Å². The minimum atomic E-state index is -4.42. The first-order valence-corrected chi connectivity index (χ1v) is 15.5. The van der Waals surface area contributed by atoms with Gasteiger partial charge in [0.2, 0.25) is 11.8 Å². The first-order valence-electron chi connectivity index (χ1n) is 14.0. The van der Waals surface area contributed by atoms with Crippen LogP contribution in [0.15, 0.2) is 53.4 Å². The smallest absolute Gasteiger partial charge is 0.390 e. The fraction of sp³-hybridized carbons (Fsp3) is 0.433. The van der Waals surface area contributed by atoms with Gasteiger partial charge in [-0.25, -0.2) is 18.1 Å². The van der Waals surface area contributed by atoms with Crippen molar-refractivity contribution in [1.82, 2.24) is 14.9 Å². The molecule has 1 amide bonds. The fourth-order valence-corrected chi connectivity index (χ4v) is 6.26. The molecule has 1 aliphatic rings. The van der Waals surface area contributed by atoms with Crippen LogP contribution in [0.2, 0.25) is 0 Å². The minimum Gasteiger partial charge on any atom is -0.478 e. The van der Waals surface area contributed by atoms with E-state index >= 15 is 0 Å². The molecule has 0 unspecified atom stereocenters. The van der Waals surface area contributed by atoms with Crippen LogP contribution in [0, 0.1) is 13.8 Å². The Labute approximate surface area is 244 Å². The van der Waals surface area contributed by atoms with Gasteiger partial charge in [-0.05, 0) is 62.9 Å². The van der Waals surface area contributed by atoms with Crippen molar-refractivity contribution >= 4 is 21.9 Å². The number of ether oxygens (including phenoxy) is 1. The van der Waals surface area contributed by atoms with Gasteiger partial charge in [0.05, 0.1) is 23.6 Å². The third-order valence-corrected chi connectivity index (χ3v) is 8.59. The minimum absolute atomic E-state index is 0.00849. The predicted octanol–water partition coefficient (Wildman–Crippen LogP) is 6.69. The third kappa shape index (κ3) is 7.78. The lowest BCUT2D eigenvalue weighted by Gasteiger charge is -2.35. The van der Waals surface area contributed by atoms with Crippen LogP contribution in [0.5, 0.6) is 5.88 Å². The molecule has 1 aromatic heterocycles. The highest BCUT2D eigenvalue weighted by Gasteiger charge is 2.33. The van der Waals surface area contributed by atoms with Crippen molar-refractivity contribution in [2.24, 2.45) is 0 Å². The number of rotatable bonds is 10. The van der Waals surface area contributed by atoms with Crippen LogP contribution in [0.3, 0.4) is 0 Å². The largest absolute Gasteiger partial charge is 0.478 e. The number of anilines is 1. The Balaban J connectivity index is 1.64. The molecule has 8 nitrogen and oxygen atoms in total. The number of carbonyl (C=O) groups is 1. The molecule has 0 saturated heterocycles. The second-order valence-corrected chi connectivity index (χ2v) is 12.1. The number of nitrogens with one attached hydrogen (secondary N) is 1. The Bertz CT molecular complexity index is 1500. The lowest BCUT2D eigenvalue weighted by molar-refractivity contribution is -0.137. The second kappa shape index (κ2) is 13.1. The zero-order chi connectivity index (χ0) is 30.5.